The van der Waals surface area contributed by atoms with Crippen molar-refractivity contribution in [1.82, 2.24) is 20.2 Å². The Hall–Kier alpha value is -5.62. The number of hydrogen-bond donors (Lipinski definition) is 6. The number of aromatic amines is 1. The van der Waals surface area contributed by atoms with Gasteiger partial charge in [0.1, 0.15) is 5.82 Å². The average molecular weight is 657 g/mol. The second-order valence-electron chi connectivity index (χ2n) is 9.59. The molecule has 5 rings (SSSR count). The number of nitrogen functional groups attached to an aromatic ring is 2. The maximum Gasteiger partial charge on any atom is 0.490 e. The van der Waals surface area contributed by atoms with Gasteiger partial charge in [0.15, 0.2) is 5.82 Å². The molecule has 0 unspecified atom stereocenters. The van der Waals surface area contributed by atoms with Gasteiger partial charge in [-0.05, 0) is 37.1 Å². The number of piperidine rings is 1. The summed E-state index contributed by atoms with van der Waals surface area (Å²) in [7, 11) is 0. The minimum absolute atomic E-state index is 0.0189. The summed E-state index contributed by atoms with van der Waals surface area (Å²) in [4.78, 5) is 41.6. The van der Waals surface area contributed by atoms with Crippen molar-refractivity contribution in [3.05, 3.63) is 54.6 Å². The first-order chi connectivity index (χ1) is 21.5. The fourth-order valence-electron chi connectivity index (χ4n) is 4.13. The summed E-state index contributed by atoms with van der Waals surface area (Å²) in [6, 6.07) is 17.2. The predicted molar refractivity (Wildman–Crippen MR) is 153 cm³/mol. The number of para-hydroxylation sites is 1. The smallest absolute Gasteiger partial charge is 0.475 e. The molecule has 4 aromatic rings. The van der Waals surface area contributed by atoms with E-state index in [0.29, 0.717) is 23.9 Å². The molecule has 1 amide bonds. The largest absolute Gasteiger partial charge is 0.490 e. The zero-order valence-corrected chi connectivity index (χ0v) is 23.4. The number of nitrogens with one attached hydrogen (secondary N) is 2. The van der Waals surface area contributed by atoms with Gasteiger partial charge in [-0.15, -0.1) is 0 Å². The second kappa shape index (κ2) is 14.4. The number of anilines is 4. The van der Waals surface area contributed by atoms with Crippen LogP contribution >= 0.6 is 0 Å². The normalized spacial score (nSPS) is 14.7. The van der Waals surface area contributed by atoms with Crippen molar-refractivity contribution in [2.24, 2.45) is 5.92 Å². The number of aromatic nitrogens is 4. The Balaban J connectivity index is 0.000000345. The molecule has 19 heteroatoms. The van der Waals surface area contributed by atoms with E-state index in [1.807, 2.05) is 54.6 Å². The molecule has 1 fully saturated rings. The van der Waals surface area contributed by atoms with Crippen LogP contribution in [0.25, 0.3) is 22.2 Å². The van der Waals surface area contributed by atoms with Gasteiger partial charge in [0.05, 0.1) is 17.1 Å². The van der Waals surface area contributed by atoms with Gasteiger partial charge in [-0.3, -0.25) is 9.89 Å². The summed E-state index contributed by atoms with van der Waals surface area (Å²) >= 11 is 0. The highest BCUT2D eigenvalue weighted by Gasteiger charge is 2.39. The van der Waals surface area contributed by atoms with Crippen molar-refractivity contribution in [2.45, 2.75) is 25.2 Å². The number of benzene rings is 2. The Kier molecular flexibility index (Phi) is 10.9. The number of halogens is 6. The molecule has 2 aromatic carbocycles. The van der Waals surface area contributed by atoms with Crippen LogP contribution in [0.15, 0.2) is 54.6 Å². The number of fused-ring (bicyclic) bond motifs is 1. The highest BCUT2D eigenvalue weighted by molar-refractivity contribution is 5.93. The molecule has 0 aliphatic carbocycles. The van der Waals surface area contributed by atoms with Crippen molar-refractivity contribution in [2.75, 3.05) is 34.8 Å². The Morgan fingerprint density at radius 2 is 1.52 bits per heavy atom. The molecular formula is C27H26F6N8O5. The van der Waals surface area contributed by atoms with Crippen LogP contribution in [0.4, 0.5) is 49.6 Å². The summed E-state index contributed by atoms with van der Waals surface area (Å²) in [5, 5.41) is 25.1. The minimum Gasteiger partial charge on any atom is -0.475 e. The molecule has 0 spiro atoms. The number of carbonyl (C=O) groups is 3. The molecule has 1 atom stereocenters. The number of rotatable bonds is 4. The van der Waals surface area contributed by atoms with Gasteiger partial charge in [0.25, 0.3) is 0 Å². The first kappa shape index (κ1) is 34.9. The highest BCUT2D eigenvalue weighted by Crippen LogP contribution is 2.29. The van der Waals surface area contributed by atoms with E-state index in [1.165, 1.54) is 0 Å². The zero-order chi connectivity index (χ0) is 34.2. The van der Waals surface area contributed by atoms with Gasteiger partial charge in [0.2, 0.25) is 11.9 Å². The molecule has 0 bridgehead atoms. The lowest BCUT2D eigenvalue weighted by atomic mass is 9.97. The molecule has 8 N–H and O–H groups in total. The number of amides is 1. The molecule has 1 saturated heterocycles. The number of hydrogen-bond acceptors (Lipinski definition) is 9. The van der Waals surface area contributed by atoms with Crippen molar-refractivity contribution in [3.8, 4) is 11.3 Å². The van der Waals surface area contributed by atoms with Gasteiger partial charge >= 0.3 is 24.3 Å². The van der Waals surface area contributed by atoms with Crippen LogP contribution in [-0.2, 0) is 14.4 Å². The fourth-order valence-corrected chi connectivity index (χ4v) is 4.13. The van der Waals surface area contributed by atoms with Crippen molar-refractivity contribution in [3.63, 3.8) is 0 Å². The third-order valence-corrected chi connectivity index (χ3v) is 6.26. The lowest BCUT2D eigenvalue weighted by Crippen LogP contribution is -2.41. The molecule has 1 aliphatic heterocycles. The molecule has 246 valence electrons. The van der Waals surface area contributed by atoms with Crippen molar-refractivity contribution >= 4 is 52.0 Å². The molecule has 0 radical (unpaired) electrons. The number of carbonyl (C=O) groups excluding carboxylic acids is 1. The Bertz CT molecular complexity index is 1660. The van der Waals surface area contributed by atoms with Crippen LogP contribution in [0.5, 0.6) is 0 Å². The first-order valence-corrected chi connectivity index (χ1v) is 13.0. The van der Waals surface area contributed by atoms with E-state index in [-0.39, 0.29) is 17.8 Å². The number of nitrogens with zero attached hydrogens (tertiary/aromatic N) is 4. The van der Waals surface area contributed by atoms with Gasteiger partial charge in [-0.25, -0.2) is 14.6 Å². The van der Waals surface area contributed by atoms with Crippen LogP contribution in [0.3, 0.4) is 0 Å². The number of alkyl halides is 6. The average Bonchev–Trinajstić information content (AvgIpc) is 3.37. The third-order valence-electron chi connectivity index (χ3n) is 6.26. The van der Waals surface area contributed by atoms with Crippen molar-refractivity contribution < 1.29 is 50.9 Å². The standard InChI is InChI=1S/C23H24N8O.2C2HF3O2/c24-21-17-9-8-14(11-19(17)29-30-21)18-12-20(28-23(25)27-18)31-10-4-5-15(13-31)22(32)26-16-6-2-1-3-7-16;2*3-2(4,5)1(6)7/h1-3,6-9,11-12,15H,4-5,10,13H2,(H,26,32)(H3,24,29,30)(H2,25,27,28);2*(H,6,7)/t15-;;/m1../s1. The molecule has 0 saturated carbocycles. The predicted octanol–water partition coefficient (Wildman–Crippen LogP) is 4.31. The number of H-pyrrole nitrogens is 1. The number of aliphatic carboxylic acids is 2. The van der Waals surface area contributed by atoms with E-state index in [2.05, 4.69) is 30.4 Å². The molecule has 2 aromatic heterocycles. The maximum atomic E-state index is 12.8. The van der Waals surface area contributed by atoms with Gasteiger partial charge < -0.3 is 31.9 Å². The third kappa shape index (κ3) is 9.69. The second-order valence-corrected chi connectivity index (χ2v) is 9.59. The Morgan fingerprint density at radius 3 is 2.11 bits per heavy atom. The SMILES string of the molecule is Nc1nc(-c2ccc3c(N)n[nH]c3c2)cc(N2CCC[C@@H](C(=O)Nc3ccccc3)C2)n1.O=C(O)C(F)(F)F.O=C(O)C(F)(F)F. The van der Waals surface area contributed by atoms with E-state index < -0.39 is 24.3 Å². The van der Waals surface area contributed by atoms with Crippen molar-refractivity contribution in [1.29, 1.82) is 0 Å². The quantitative estimate of drug-likeness (QED) is 0.170. The highest BCUT2D eigenvalue weighted by atomic mass is 19.4. The molecule has 1 aliphatic rings. The van der Waals surface area contributed by atoms with Crippen LogP contribution in [0.2, 0.25) is 0 Å². The van der Waals surface area contributed by atoms with Crippen LogP contribution in [0.1, 0.15) is 12.8 Å². The summed E-state index contributed by atoms with van der Waals surface area (Å²) < 4.78 is 63.5. The monoisotopic (exact) mass is 656 g/mol. The summed E-state index contributed by atoms with van der Waals surface area (Å²) in [6.07, 6.45) is -8.44. The van der Waals surface area contributed by atoms with Crippen LogP contribution < -0.4 is 21.7 Å². The lowest BCUT2D eigenvalue weighted by molar-refractivity contribution is -0.193. The van der Waals surface area contributed by atoms with E-state index in [9.17, 15) is 31.1 Å². The summed E-state index contributed by atoms with van der Waals surface area (Å²) in [5.74, 6) is -4.26. The number of nitrogens with two attached hydrogens (primary N) is 2. The van der Waals surface area contributed by atoms with E-state index in [0.717, 1.165) is 41.5 Å². The Labute approximate surface area is 255 Å². The van der Waals surface area contributed by atoms with Gasteiger partial charge in [-0.2, -0.15) is 36.4 Å². The lowest BCUT2D eigenvalue weighted by Gasteiger charge is -2.33. The Morgan fingerprint density at radius 1 is 0.913 bits per heavy atom. The maximum absolute atomic E-state index is 12.8. The van der Waals surface area contributed by atoms with Gasteiger partial charge in [-0.1, -0.05) is 24.3 Å². The fraction of sp³-hybridized carbons (Fsp3) is 0.259. The van der Waals surface area contributed by atoms with E-state index in [1.54, 1.807) is 0 Å². The molecule has 46 heavy (non-hydrogen) atoms. The molecule has 3 heterocycles. The van der Waals surface area contributed by atoms with E-state index in [4.69, 9.17) is 31.3 Å². The zero-order valence-electron chi connectivity index (χ0n) is 23.4. The topological polar surface area (TPSA) is 213 Å². The number of carboxylic acids is 2. The molecular weight excluding hydrogens is 630 g/mol. The number of carboxylic acid groups (broad SMARTS) is 2. The van der Waals surface area contributed by atoms with E-state index >= 15 is 0 Å². The van der Waals surface area contributed by atoms with Gasteiger partial charge in [0, 0.05) is 35.8 Å². The first-order valence-electron chi connectivity index (χ1n) is 13.0. The van der Waals surface area contributed by atoms with Crippen LogP contribution in [0, 0.1) is 5.92 Å². The summed E-state index contributed by atoms with van der Waals surface area (Å²) in [6.45, 7) is 1.38. The summed E-state index contributed by atoms with van der Waals surface area (Å²) in [5.41, 5.74) is 15.1. The van der Waals surface area contributed by atoms with Crippen LogP contribution in [-0.4, -0.2) is 73.7 Å². The minimum atomic E-state index is -5.08. The molecule has 13 nitrogen and oxygen atoms in total.